The third kappa shape index (κ3) is 3.31. The molecule has 1 aromatic rings. The molecule has 0 radical (unpaired) electrons. The molecule has 0 aromatic heterocycles. The van der Waals surface area contributed by atoms with Crippen molar-refractivity contribution in [1.29, 1.82) is 0 Å². The molecule has 1 saturated carbocycles. The molecule has 7 heteroatoms. The predicted octanol–water partition coefficient (Wildman–Crippen LogP) is 2.44. The quantitative estimate of drug-likeness (QED) is 0.895. The van der Waals surface area contributed by atoms with E-state index in [0.29, 0.717) is 5.92 Å². The Balaban J connectivity index is 2.27. The number of hydrogen-bond donors (Lipinski definition) is 2. The van der Waals surface area contributed by atoms with Crippen LogP contribution in [0.25, 0.3) is 0 Å². The lowest BCUT2D eigenvalue weighted by molar-refractivity contribution is 0.281. The lowest BCUT2D eigenvalue weighted by atomic mass is 10.1. The monoisotopic (exact) mass is 321 g/mol. The third-order valence-corrected chi connectivity index (χ3v) is 5.50. The highest BCUT2D eigenvalue weighted by atomic mass is 35.5. The van der Waals surface area contributed by atoms with Crippen LogP contribution in [-0.2, 0) is 16.6 Å². The van der Waals surface area contributed by atoms with E-state index in [2.05, 4.69) is 11.6 Å². The van der Waals surface area contributed by atoms with E-state index in [1.165, 1.54) is 6.07 Å². The number of rotatable bonds is 4. The Bertz CT molecular complexity index is 606. The summed E-state index contributed by atoms with van der Waals surface area (Å²) >= 11 is 5.65. The molecule has 2 unspecified atom stereocenters. The summed E-state index contributed by atoms with van der Waals surface area (Å²) in [6, 6.07) is 1.96. The van der Waals surface area contributed by atoms with E-state index in [-0.39, 0.29) is 21.5 Å². The van der Waals surface area contributed by atoms with Crippen molar-refractivity contribution in [2.45, 2.75) is 43.7 Å². The molecule has 0 heterocycles. The van der Waals surface area contributed by atoms with Gasteiger partial charge >= 0.3 is 0 Å². The van der Waals surface area contributed by atoms with Gasteiger partial charge in [0.1, 0.15) is 5.82 Å². The molecule has 0 bridgehead atoms. The van der Waals surface area contributed by atoms with Crippen molar-refractivity contribution in [1.82, 2.24) is 4.72 Å². The van der Waals surface area contributed by atoms with Crippen LogP contribution in [0.4, 0.5) is 4.39 Å². The second kappa shape index (κ2) is 5.97. The Morgan fingerprint density at radius 1 is 1.45 bits per heavy atom. The fraction of sp³-hybridized carbons (Fsp3) is 0.538. The minimum atomic E-state index is -3.80. The fourth-order valence-electron chi connectivity index (χ4n) is 2.49. The molecule has 0 aliphatic heterocycles. The summed E-state index contributed by atoms with van der Waals surface area (Å²) < 4.78 is 40.6. The second-order valence-electron chi connectivity index (χ2n) is 5.27. The SMILES string of the molecule is CC1CCC(NS(=O)(=O)c2cc(F)c(Cl)c(CO)c2)C1. The maximum Gasteiger partial charge on any atom is 0.240 e. The number of halogens is 2. The predicted molar refractivity (Wildman–Crippen MR) is 74.5 cm³/mol. The van der Waals surface area contributed by atoms with Crippen molar-refractivity contribution in [3.63, 3.8) is 0 Å². The smallest absolute Gasteiger partial charge is 0.240 e. The van der Waals surface area contributed by atoms with Crippen LogP contribution in [0.15, 0.2) is 17.0 Å². The minimum Gasteiger partial charge on any atom is -0.392 e. The van der Waals surface area contributed by atoms with Gasteiger partial charge in [0.25, 0.3) is 0 Å². The van der Waals surface area contributed by atoms with Crippen molar-refractivity contribution >= 4 is 21.6 Å². The molecule has 0 amide bonds. The molecular weight excluding hydrogens is 305 g/mol. The first-order valence-corrected chi connectivity index (χ1v) is 8.30. The standard InChI is InChI=1S/C13H17ClFNO3S/c1-8-2-3-10(4-8)16-20(18,19)11-5-9(7-17)13(14)12(15)6-11/h5-6,8,10,16-17H,2-4,7H2,1H3. The minimum absolute atomic E-state index is 0.0619. The van der Waals surface area contributed by atoms with E-state index in [1.807, 2.05) is 0 Å². The number of aliphatic hydroxyl groups excluding tert-OH is 1. The number of nitrogens with one attached hydrogen (secondary N) is 1. The Kier molecular flexibility index (Phi) is 4.69. The molecule has 112 valence electrons. The molecule has 0 spiro atoms. The molecular formula is C13H17ClFNO3S. The van der Waals surface area contributed by atoms with Gasteiger partial charge in [0, 0.05) is 11.6 Å². The zero-order valence-electron chi connectivity index (χ0n) is 11.1. The van der Waals surface area contributed by atoms with Crippen LogP contribution in [0, 0.1) is 11.7 Å². The molecule has 0 saturated heterocycles. The molecule has 2 atom stereocenters. The van der Waals surface area contributed by atoms with Gasteiger partial charge in [-0.25, -0.2) is 17.5 Å². The van der Waals surface area contributed by atoms with Crippen LogP contribution in [0.2, 0.25) is 5.02 Å². The third-order valence-electron chi connectivity index (χ3n) is 3.57. The largest absolute Gasteiger partial charge is 0.392 e. The molecule has 1 fully saturated rings. The van der Waals surface area contributed by atoms with Crippen LogP contribution in [-0.4, -0.2) is 19.6 Å². The maximum atomic E-state index is 13.6. The van der Waals surface area contributed by atoms with Crippen LogP contribution < -0.4 is 4.72 Å². The zero-order chi connectivity index (χ0) is 14.9. The van der Waals surface area contributed by atoms with Crippen LogP contribution in [0.5, 0.6) is 0 Å². The summed E-state index contributed by atoms with van der Waals surface area (Å²) in [4.78, 5) is -0.206. The topological polar surface area (TPSA) is 66.4 Å². The Hall–Kier alpha value is -0.690. The van der Waals surface area contributed by atoms with Gasteiger partial charge in [0.2, 0.25) is 10.0 Å². The van der Waals surface area contributed by atoms with E-state index in [0.717, 1.165) is 25.3 Å². The van der Waals surface area contributed by atoms with Crippen molar-refractivity contribution < 1.29 is 17.9 Å². The number of benzene rings is 1. The van der Waals surface area contributed by atoms with Gasteiger partial charge in [-0.15, -0.1) is 0 Å². The highest BCUT2D eigenvalue weighted by Crippen LogP contribution is 2.28. The van der Waals surface area contributed by atoms with Crippen molar-refractivity contribution in [2.24, 2.45) is 5.92 Å². The highest BCUT2D eigenvalue weighted by Gasteiger charge is 2.27. The summed E-state index contributed by atoms with van der Waals surface area (Å²) in [6.45, 7) is 1.56. The van der Waals surface area contributed by atoms with Gasteiger partial charge in [0.05, 0.1) is 16.5 Å². The molecule has 2 rings (SSSR count). The van der Waals surface area contributed by atoms with E-state index < -0.39 is 22.4 Å². The summed E-state index contributed by atoms with van der Waals surface area (Å²) in [5.41, 5.74) is 0.0619. The Morgan fingerprint density at radius 2 is 2.15 bits per heavy atom. The molecule has 1 aliphatic rings. The van der Waals surface area contributed by atoms with Gasteiger partial charge in [-0.3, -0.25) is 0 Å². The molecule has 1 aliphatic carbocycles. The number of sulfonamides is 1. The summed E-state index contributed by atoms with van der Waals surface area (Å²) in [5, 5.41) is 8.84. The van der Waals surface area contributed by atoms with E-state index >= 15 is 0 Å². The normalized spacial score (nSPS) is 23.2. The number of aliphatic hydroxyl groups is 1. The van der Waals surface area contributed by atoms with Gasteiger partial charge in [-0.2, -0.15) is 0 Å². The van der Waals surface area contributed by atoms with Crippen molar-refractivity contribution in [3.8, 4) is 0 Å². The van der Waals surface area contributed by atoms with Crippen LogP contribution in [0.1, 0.15) is 31.7 Å². The average molecular weight is 322 g/mol. The summed E-state index contributed by atoms with van der Waals surface area (Å²) in [5.74, 6) is -0.365. The van der Waals surface area contributed by atoms with E-state index in [4.69, 9.17) is 16.7 Å². The van der Waals surface area contributed by atoms with Gasteiger partial charge in [0.15, 0.2) is 0 Å². The van der Waals surface area contributed by atoms with E-state index in [1.54, 1.807) is 0 Å². The number of hydrogen-bond acceptors (Lipinski definition) is 3. The van der Waals surface area contributed by atoms with Gasteiger partial charge < -0.3 is 5.11 Å². The first kappa shape index (κ1) is 15.7. The summed E-state index contributed by atoms with van der Waals surface area (Å²) in [6.07, 6.45) is 2.54. The molecule has 4 nitrogen and oxygen atoms in total. The first-order chi connectivity index (χ1) is 9.33. The molecule has 2 N–H and O–H groups in total. The lowest BCUT2D eigenvalue weighted by Gasteiger charge is -2.14. The Morgan fingerprint density at radius 3 is 2.70 bits per heavy atom. The van der Waals surface area contributed by atoms with Gasteiger partial charge in [-0.05, 0) is 37.3 Å². The first-order valence-electron chi connectivity index (χ1n) is 6.44. The highest BCUT2D eigenvalue weighted by molar-refractivity contribution is 7.89. The Labute approximate surface area is 123 Å². The molecule has 1 aromatic carbocycles. The lowest BCUT2D eigenvalue weighted by Crippen LogP contribution is -2.33. The second-order valence-corrected chi connectivity index (χ2v) is 7.36. The van der Waals surface area contributed by atoms with Crippen molar-refractivity contribution in [2.75, 3.05) is 0 Å². The van der Waals surface area contributed by atoms with E-state index in [9.17, 15) is 12.8 Å². The summed E-state index contributed by atoms with van der Waals surface area (Å²) in [7, 11) is -3.80. The fourth-order valence-corrected chi connectivity index (χ4v) is 4.00. The zero-order valence-corrected chi connectivity index (χ0v) is 12.6. The van der Waals surface area contributed by atoms with Crippen molar-refractivity contribution in [3.05, 3.63) is 28.5 Å². The van der Waals surface area contributed by atoms with Gasteiger partial charge in [-0.1, -0.05) is 18.5 Å². The van der Waals surface area contributed by atoms with Crippen LogP contribution in [0.3, 0.4) is 0 Å². The maximum absolute atomic E-state index is 13.6. The average Bonchev–Trinajstić information content (AvgIpc) is 2.77. The van der Waals surface area contributed by atoms with Crippen LogP contribution >= 0.6 is 11.6 Å². The molecule has 20 heavy (non-hydrogen) atoms.